The molecule has 158 valence electrons. The lowest BCUT2D eigenvalue weighted by Crippen LogP contribution is -2.31. The molecule has 1 aliphatic heterocycles. The number of anilines is 1. The van der Waals surface area contributed by atoms with Gasteiger partial charge in [-0.05, 0) is 37.6 Å². The fraction of sp³-hybridized carbons (Fsp3) is 0.227. The fourth-order valence-corrected chi connectivity index (χ4v) is 4.06. The quantitative estimate of drug-likeness (QED) is 0.572. The zero-order chi connectivity index (χ0) is 22.0. The number of hydrogen-bond acceptors (Lipinski definition) is 7. The number of amides is 3. The van der Waals surface area contributed by atoms with Gasteiger partial charge in [-0.2, -0.15) is 0 Å². The molecule has 0 bridgehead atoms. The summed E-state index contributed by atoms with van der Waals surface area (Å²) in [5.74, 6) is -0.299. The summed E-state index contributed by atoms with van der Waals surface area (Å²) in [7, 11) is 0. The molecule has 0 fully saturated rings. The van der Waals surface area contributed by atoms with Crippen LogP contribution in [0.15, 0.2) is 42.5 Å². The zero-order valence-corrected chi connectivity index (χ0v) is 17.9. The van der Waals surface area contributed by atoms with Crippen molar-refractivity contribution < 1.29 is 19.1 Å². The summed E-state index contributed by atoms with van der Waals surface area (Å²) < 4.78 is 5.56. The third-order valence-corrected chi connectivity index (χ3v) is 5.73. The summed E-state index contributed by atoms with van der Waals surface area (Å²) in [6, 6.07) is 12.5. The molecule has 1 aromatic heterocycles. The molecule has 4 rings (SSSR count). The number of carbonyl (C=O) groups excluding carboxylic acids is 3. The fourth-order valence-electron chi connectivity index (χ4n) is 3.31. The van der Waals surface area contributed by atoms with Gasteiger partial charge in [0.2, 0.25) is 5.13 Å². The second-order valence-electron chi connectivity index (χ2n) is 7.16. The maximum atomic E-state index is 12.4. The maximum absolute atomic E-state index is 12.4. The molecule has 0 aliphatic carbocycles. The smallest absolute Gasteiger partial charge is 0.264 e. The molecule has 0 radical (unpaired) electrons. The van der Waals surface area contributed by atoms with E-state index in [9.17, 15) is 14.4 Å². The topological polar surface area (TPSA) is 101 Å². The Morgan fingerprint density at radius 1 is 1.06 bits per heavy atom. The molecule has 31 heavy (non-hydrogen) atoms. The molecule has 1 aliphatic rings. The number of imide groups is 1. The first-order chi connectivity index (χ1) is 14.9. The Hall–Kier alpha value is -3.59. The monoisotopic (exact) mass is 436 g/mol. The maximum Gasteiger partial charge on any atom is 0.264 e. The number of benzene rings is 2. The summed E-state index contributed by atoms with van der Waals surface area (Å²) in [6.07, 6.45) is 0.359. The minimum atomic E-state index is -0.344. The summed E-state index contributed by atoms with van der Waals surface area (Å²) in [5, 5.41) is 11.6. The van der Waals surface area contributed by atoms with Crippen molar-refractivity contribution in [1.29, 1.82) is 0 Å². The van der Waals surface area contributed by atoms with Crippen LogP contribution in [0.25, 0.3) is 0 Å². The van der Waals surface area contributed by atoms with Gasteiger partial charge in [0.25, 0.3) is 17.7 Å². The highest BCUT2D eigenvalue weighted by Crippen LogP contribution is 2.24. The molecule has 0 saturated carbocycles. The number of aromatic nitrogens is 2. The van der Waals surface area contributed by atoms with Gasteiger partial charge in [0, 0.05) is 13.0 Å². The van der Waals surface area contributed by atoms with Crippen LogP contribution in [0.2, 0.25) is 0 Å². The largest absolute Gasteiger partial charge is 0.483 e. The van der Waals surface area contributed by atoms with Crippen LogP contribution in [0.1, 0.15) is 36.9 Å². The Balaban J connectivity index is 1.29. The van der Waals surface area contributed by atoms with Gasteiger partial charge in [-0.3, -0.25) is 24.6 Å². The lowest BCUT2D eigenvalue weighted by Gasteiger charge is -2.12. The van der Waals surface area contributed by atoms with Gasteiger partial charge in [0.15, 0.2) is 6.61 Å². The standard InChI is InChI=1S/C22H20N4O4S/c1-13-7-8-17(14(2)11-13)30-12-18(27)23-22-25-24-19(31-22)9-10-26-20(28)15-5-3-4-6-16(15)21(26)29/h3-8,11H,9-10,12H2,1-2H3,(H,23,25,27). The van der Waals surface area contributed by atoms with Crippen LogP contribution in [0.3, 0.4) is 0 Å². The van der Waals surface area contributed by atoms with E-state index in [2.05, 4.69) is 15.5 Å². The normalized spacial score (nSPS) is 12.8. The average molecular weight is 436 g/mol. The van der Waals surface area contributed by atoms with Crippen LogP contribution in [0.5, 0.6) is 5.75 Å². The number of nitrogens with one attached hydrogen (secondary N) is 1. The third kappa shape index (κ3) is 4.46. The number of aryl methyl sites for hydroxylation is 2. The lowest BCUT2D eigenvalue weighted by molar-refractivity contribution is -0.118. The van der Waals surface area contributed by atoms with Crippen molar-refractivity contribution in [2.45, 2.75) is 20.3 Å². The molecule has 2 heterocycles. The van der Waals surface area contributed by atoms with Gasteiger partial charge in [-0.25, -0.2) is 0 Å². The molecule has 0 spiro atoms. The van der Waals surface area contributed by atoms with E-state index in [1.807, 2.05) is 32.0 Å². The number of fused-ring (bicyclic) bond motifs is 1. The number of rotatable bonds is 7. The molecule has 1 N–H and O–H groups in total. The number of hydrogen-bond donors (Lipinski definition) is 1. The van der Waals surface area contributed by atoms with Crippen molar-refractivity contribution in [3.05, 3.63) is 69.7 Å². The highest BCUT2D eigenvalue weighted by atomic mass is 32.1. The molecular weight excluding hydrogens is 416 g/mol. The minimum absolute atomic E-state index is 0.145. The lowest BCUT2D eigenvalue weighted by atomic mass is 10.1. The predicted octanol–water partition coefficient (Wildman–Crippen LogP) is 3.01. The van der Waals surface area contributed by atoms with Crippen molar-refractivity contribution in [2.75, 3.05) is 18.5 Å². The third-order valence-electron chi connectivity index (χ3n) is 4.83. The van der Waals surface area contributed by atoms with Gasteiger partial charge in [-0.15, -0.1) is 10.2 Å². The van der Waals surface area contributed by atoms with Gasteiger partial charge in [0.1, 0.15) is 10.8 Å². The van der Waals surface area contributed by atoms with Crippen LogP contribution in [-0.4, -0.2) is 46.0 Å². The van der Waals surface area contributed by atoms with Gasteiger partial charge >= 0.3 is 0 Å². The predicted molar refractivity (Wildman–Crippen MR) is 115 cm³/mol. The molecule has 3 aromatic rings. The van der Waals surface area contributed by atoms with Gasteiger partial charge in [-0.1, -0.05) is 41.2 Å². The number of nitrogens with zero attached hydrogens (tertiary/aromatic N) is 3. The highest BCUT2D eigenvalue weighted by Gasteiger charge is 2.34. The van der Waals surface area contributed by atoms with Crippen molar-refractivity contribution in [2.24, 2.45) is 0 Å². The molecule has 9 heteroatoms. The van der Waals surface area contributed by atoms with E-state index in [0.29, 0.717) is 33.4 Å². The van der Waals surface area contributed by atoms with Gasteiger partial charge in [0.05, 0.1) is 11.1 Å². The van der Waals surface area contributed by atoms with Crippen molar-refractivity contribution in [3.63, 3.8) is 0 Å². The molecular formula is C22H20N4O4S. The van der Waals surface area contributed by atoms with E-state index in [4.69, 9.17) is 4.74 Å². The summed E-state index contributed by atoms with van der Waals surface area (Å²) in [5.41, 5.74) is 2.92. The van der Waals surface area contributed by atoms with E-state index in [1.165, 1.54) is 16.2 Å². The van der Waals surface area contributed by atoms with Crippen LogP contribution in [0, 0.1) is 13.8 Å². The van der Waals surface area contributed by atoms with E-state index in [1.54, 1.807) is 24.3 Å². The summed E-state index contributed by atoms with van der Waals surface area (Å²) >= 11 is 1.20. The Bertz CT molecular complexity index is 1140. The van der Waals surface area contributed by atoms with E-state index in [0.717, 1.165) is 11.1 Å². The minimum Gasteiger partial charge on any atom is -0.483 e. The number of carbonyl (C=O) groups is 3. The Kier molecular flexibility index (Phi) is 5.77. The Morgan fingerprint density at radius 3 is 2.45 bits per heavy atom. The SMILES string of the molecule is Cc1ccc(OCC(=O)Nc2nnc(CCN3C(=O)c4ccccc4C3=O)s2)c(C)c1. The zero-order valence-electron chi connectivity index (χ0n) is 17.0. The second-order valence-corrected chi connectivity index (χ2v) is 8.23. The van der Waals surface area contributed by atoms with E-state index in [-0.39, 0.29) is 30.9 Å². The molecule has 0 unspecified atom stereocenters. The van der Waals surface area contributed by atoms with E-state index >= 15 is 0 Å². The molecule has 2 aromatic carbocycles. The van der Waals surface area contributed by atoms with Crippen LogP contribution in [0.4, 0.5) is 5.13 Å². The number of ether oxygens (including phenoxy) is 1. The first-order valence-corrected chi connectivity index (χ1v) is 10.5. The second kappa shape index (κ2) is 8.65. The molecule has 3 amide bonds. The summed E-state index contributed by atoms with van der Waals surface area (Å²) in [6.45, 7) is 3.97. The van der Waals surface area contributed by atoms with E-state index < -0.39 is 0 Å². The van der Waals surface area contributed by atoms with Crippen LogP contribution >= 0.6 is 11.3 Å². The first kappa shape index (κ1) is 20.7. The first-order valence-electron chi connectivity index (χ1n) is 9.70. The average Bonchev–Trinajstić information content (AvgIpc) is 3.29. The van der Waals surface area contributed by atoms with Crippen molar-refractivity contribution >= 4 is 34.2 Å². The van der Waals surface area contributed by atoms with Crippen LogP contribution in [-0.2, 0) is 11.2 Å². The molecule has 8 nitrogen and oxygen atoms in total. The van der Waals surface area contributed by atoms with Crippen LogP contribution < -0.4 is 10.1 Å². The molecule has 0 atom stereocenters. The summed E-state index contributed by atoms with van der Waals surface area (Å²) in [4.78, 5) is 38.2. The van der Waals surface area contributed by atoms with Gasteiger partial charge < -0.3 is 4.74 Å². The van der Waals surface area contributed by atoms with Crippen molar-refractivity contribution in [3.8, 4) is 5.75 Å². The Labute approximate surface area is 182 Å². The highest BCUT2D eigenvalue weighted by molar-refractivity contribution is 7.15. The van der Waals surface area contributed by atoms with Crippen molar-refractivity contribution in [1.82, 2.24) is 15.1 Å². The molecule has 0 saturated heterocycles. The Morgan fingerprint density at radius 2 is 1.77 bits per heavy atom.